The van der Waals surface area contributed by atoms with Crippen LogP contribution in [0.5, 0.6) is 5.75 Å². The van der Waals surface area contributed by atoms with Crippen molar-refractivity contribution in [3.8, 4) is 5.75 Å². The van der Waals surface area contributed by atoms with Gasteiger partial charge in [0.05, 0.1) is 10.8 Å². The van der Waals surface area contributed by atoms with E-state index in [0.717, 1.165) is 0 Å². The molecule has 0 aliphatic heterocycles. The molecule has 4 nitrogen and oxygen atoms in total. The van der Waals surface area contributed by atoms with E-state index in [1.807, 2.05) is 0 Å². The summed E-state index contributed by atoms with van der Waals surface area (Å²) in [6.45, 7) is 0. The Labute approximate surface area is 66.5 Å². The molecular formula is C6H8N2O2S. The summed E-state index contributed by atoms with van der Waals surface area (Å²) in [5.74, 6) is -0.0723. The zero-order chi connectivity index (χ0) is 8.43. The average molecular weight is 172 g/mol. The van der Waals surface area contributed by atoms with E-state index in [0.29, 0.717) is 5.03 Å². The SMILES string of the molecule is CS(=O)c1ccc(O)c(N)n1. The van der Waals surface area contributed by atoms with Crippen LogP contribution in [-0.4, -0.2) is 20.6 Å². The molecule has 0 saturated carbocycles. The van der Waals surface area contributed by atoms with E-state index >= 15 is 0 Å². The molecule has 1 aromatic rings. The first-order valence-corrected chi connectivity index (χ1v) is 4.46. The minimum Gasteiger partial charge on any atom is -0.504 e. The molecule has 60 valence electrons. The fraction of sp³-hybridized carbons (Fsp3) is 0.167. The predicted octanol–water partition coefficient (Wildman–Crippen LogP) is 0.107. The lowest BCUT2D eigenvalue weighted by Gasteiger charge is -1.98. The standard InChI is InChI=1S/C6H8N2O2S/c1-11(10)5-3-2-4(9)6(7)8-5/h2-3,9H,1H3,(H2,7,8). The van der Waals surface area contributed by atoms with E-state index < -0.39 is 10.8 Å². The maximum absolute atomic E-state index is 10.8. The summed E-state index contributed by atoms with van der Waals surface area (Å²) in [6, 6.07) is 2.85. The quantitative estimate of drug-likeness (QED) is 0.630. The molecule has 0 aromatic carbocycles. The van der Waals surface area contributed by atoms with Gasteiger partial charge in [0, 0.05) is 6.26 Å². The van der Waals surface area contributed by atoms with Crippen molar-refractivity contribution in [1.82, 2.24) is 4.98 Å². The first kappa shape index (κ1) is 8.00. The lowest BCUT2D eigenvalue weighted by Crippen LogP contribution is -1.96. The van der Waals surface area contributed by atoms with Gasteiger partial charge in [-0.25, -0.2) is 4.98 Å². The molecule has 0 amide bonds. The molecule has 0 aliphatic carbocycles. The molecule has 0 radical (unpaired) electrons. The minimum atomic E-state index is -1.15. The number of aromatic nitrogens is 1. The molecular weight excluding hydrogens is 164 g/mol. The van der Waals surface area contributed by atoms with Gasteiger partial charge in [0.1, 0.15) is 5.03 Å². The number of aromatic hydroxyl groups is 1. The van der Waals surface area contributed by atoms with Crippen molar-refractivity contribution in [2.45, 2.75) is 5.03 Å². The maximum Gasteiger partial charge on any atom is 0.167 e. The number of hydrogen-bond donors (Lipinski definition) is 2. The van der Waals surface area contributed by atoms with Crippen molar-refractivity contribution in [2.75, 3.05) is 12.0 Å². The Bertz CT molecular complexity index is 301. The lowest BCUT2D eigenvalue weighted by atomic mass is 10.4. The first-order valence-electron chi connectivity index (χ1n) is 2.90. The van der Waals surface area contributed by atoms with Gasteiger partial charge in [0.2, 0.25) is 0 Å². The Kier molecular flexibility index (Phi) is 2.09. The van der Waals surface area contributed by atoms with Crippen LogP contribution in [0.25, 0.3) is 0 Å². The van der Waals surface area contributed by atoms with E-state index in [4.69, 9.17) is 10.8 Å². The Morgan fingerprint density at radius 1 is 1.64 bits per heavy atom. The van der Waals surface area contributed by atoms with Crippen molar-refractivity contribution in [3.05, 3.63) is 12.1 Å². The average Bonchev–Trinajstić information content (AvgIpc) is 1.94. The summed E-state index contributed by atoms with van der Waals surface area (Å²) < 4.78 is 10.8. The van der Waals surface area contributed by atoms with Crippen LogP contribution in [0.3, 0.4) is 0 Å². The van der Waals surface area contributed by atoms with Gasteiger partial charge in [0.15, 0.2) is 11.6 Å². The van der Waals surface area contributed by atoms with Crippen molar-refractivity contribution in [2.24, 2.45) is 0 Å². The number of nitrogen functional groups attached to an aromatic ring is 1. The van der Waals surface area contributed by atoms with Gasteiger partial charge >= 0.3 is 0 Å². The van der Waals surface area contributed by atoms with Gasteiger partial charge in [-0.15, -0.1) is 0 Å². The number of hydrogen-bond acceptors (Lipinski definition) is 4. The highest BCUT2D eigenvalue weighted by molar-refractivity contribution is 7.84. The van der Waals surface area contributed by atoms with Crippen LogP contribution in [-0.2, 0) is 10.8 Å². The number of nitrogens with two attached hydrogens (primary N) is 1. The fourth-order valence-corrected chi connectivity index (χ4v) is 1.10. The van der Waals surface area contributed by atoms with Crippen molar-refractivity contribution >= 4 is 16.6 Å². The molecule has 0 bridgehead atoms. The highest BCUT2D eigenvalue weighted by Gasteiger charge is 2.02. The summed E-state index contributed by atoms with van der Waals surface area (Å²) in [5.41, 5.74) is 5.26. The van der Waals surface area contributed by atoms with Gasteiger partial charge in [-0.1, -0.05) is 0 Å². The van der Waals surface area contributed by atoms with E-state index in [2.05, 4.69) is 4.98 Å². The summed E-state index contributed by atoms with van der Waals surface area (Å²) in [4.78, 5) is 3.70. The Morgan fingerprint density at radius 3 is 2.73 bits per heavy atom. The second-order valence-corrected chi connectivity index (χ2v) is 3.33. The summed E-state index contributed by atoms with van der Waals surface area (Å²) in [7, 11) is -1.15. The third-order valence-corrected chi connectivity index (χ3v) is 1.99. The molecule has 1 unspecified atom stereocenters. The molecule has 0 saturated heterocycles. The summed E-state index contributed by atoms with van der Waals surface area (Å²) in [6.07, 6.45) is 1.50. The maximum atomic E-state index is 10.8. The van der Waals surface area contributed by atoms with Crippen LogP contribution in [0.1, 0.15) is 0 Å². The molecule has 0 spiro atoms. The van der Waals surface area contributed by atoms with Crippen LogP contribution in [0.15, 0.2) is 17.2 Å². The normalized spacial score (nSPS) is 12.8. The Morgan fingerprint density at radius 2 is 2.27 bits per heavy atom. The van der Waals surface area contributed by atoms with Gasteiger partial charge < -0.3 is 10.8 Å². The molecule has 5 heteroatoms. The van der Waals surface area contributed by atoms with E-state index in [1.54, 1.807) is 0 Å². The number of rotatable bonds is 1. The van der Waals surface area contributed by atoms with Gasteiger partial charge in [-0.2, -0.15) is 0 Å². The van der Waals surface area contributed by atoms with Gasteiger partial charge in [-0.3, -0.25) is 4.21 Å². The Hall–Kier alpha value is -1.10. The first-order chi connectivity index (χ1) is 5.11. The lowest BCUT2D eigenvalue weighted by molar-refractivity contribution is 0.475. The van der Waals surface area contributed by atoms with Crippen LogP contribution < -0.4 is 5.73 Å². The monoisotopic (exact) mass is 172 g/mol. The zero-order valence-corrected chi connectivity index (χ0v) is 6.76. The van der Waals surface area contributed by atoms with Gasteiger partial charge in [0.25, 0.3) is 0 Å². The molecule has 0 fully saturated rings. The predicted molar refractivity (Wildman–Crippen MR) is 42.6 cm³/mol. The van der Waals surface area contributed by atoms with E-state index in [1.165, 1.54) is 18.4 Å². The highest BCUT2D eigenvalue weighted by atomic mass is 32.2. The number of pyridine rings is 1. The van der Waals surface area contributed by atoms with E-state index in [-0.39, 0.29) is 11.6 Å². The van der Waals surface area contributed by atoms with Crippen molar-refractivity contribution in [3.63, 3.8) is 0 Å². The highest BCUT2D eigenvalue weighted by Crippen LogP contribution is 2.17. The van der Waals surface area contributed by atoms with E-state index in [9.17, 15) is 4.21 Å². The van der Waals surface area contributed by atoms with Crippen LogP contribution in [0, 0.1) is 0 Å². The van der Waals surface area contributed by atoms with Crippen LogP contribution in [0.2, 0.25) is 0 Å². The molecule has 0 aliphatic rings. The van der Waals surface area contributed by atoms with Crippen LogP contribution in [0.4, 0.5) is 5.82 Å². The molecule has 3 N–H and O–H groups in total. The minimum absolute atomic E-state index is 0.0118. The second kappa shape index (κ2) is 2.87. The number of nitrogens with zero attached hydrogens (tertiary/aromatic N) is 1. The summed E-state index contributed by atoms with van der Waals surface area (Å²) >= 11 is 0. The molecule has 1 heterocycles. The molecule has 11 heavy (non-hydrogen) atoms. The van der Waals surface area contributed by atoms with Crippen molar-refractivity contribution < 1.29 is 9.32 Å². The smallest absolute Gasteiger partial charge is 0.167 e. The third-order valence-electron chi connectivity index (χ3n) is 1.17. The molecule has 1 aromatic heterocycles. The largest absolute Gasteiger partial charge is 0.504 e. The third kappa shape index (κ3) is 1.68. The van der Waals surface area contributed by atoms with Gasteiger partial charge in [-0.05, 0) is 12.1 Å². The van der Waals surface area contributed by atoms with Crippen molar-refractivity contribution in [1.29, 1.82) is 0 Å². The number of anilines is 1. The van der Waals surface area contributed by atoms with Crippen LogP contribution >= 0.6 is 0 Å². The Balaban J connectivity index is 3.15. The zero-order valence-electron chi connectivity index (χ0n) is 5.94. The molecule has 1 atom stereocenters. The fourth-order valence-electron chi connectivity index (χ4n) is 0.609. The topological polar surface area (TPSA) is 76.2 Å². The summed E-state index contributed by atoms with van der Waals surface area (Å²) in [5, 5.41) is 9.31. The second-order valence-electron chi connectivity index (χ2n) is 2.01. The molecule has 1 rings (SSSR count).